The van der Waals surface area contributed by atoms with Gasteiger partial charge in [0.1, 0.15) is 6.61 Å². The van der Waals surface area contributed by atoms with Crippen LogP contribution in [0.15, 0.2) is 57.3 Å². The third kappa shape index (κ3) is 5.83. The molecule has 1 aliphatic carbocycles. The van der Waals surface area contributed by atoms with E-state index in [1.165, 1.54) is 7.11 Å². The Morgan fingerprint density at radius 2 is 1.75 bits per heavy atom. The van der Waals surface area contributed by atoms with E-state index >= 15 is 0 Å². The van der Waals surface area contributed by atoms with Gasteiger partial charge in [-0.05, 0) is 77.5 Å². The number of carbonyl (C=O) groups is 2. The molecule has 0 bridgehead atoms. The minimum atomic E-state index is -0.721. The fraction of sp³-hybridized carbons (Fsp3) is 0.400. The quantitative estimate of drug-likeness (QED) is 0.278. The highest BCUT2D eigenvalue weighted by atomic mass is 79.9. The molecule has 0 spiro atoms. The molecule has 2 aromatic carbocycles. The molecule has 2 atom stereocenters. The van der Waals surface area contributed by atoms with E-state index in [9.17, 15) is 14.7 Å². The van der Waals surface area contributed by atoms with Gasteiger partial charge in [0.05, 0.1) is 37.5 Å². The van der Waals surface area contributed by atoms with Crippen LogP contribution in [0.3, 0.4) is 0 Å². The van der Waals surface area contributed by atoms with Crippen molar-refractivity contribution in [2.45, 2.75) is 38.5 Å². The molecule has 0 unspecified atom stereocenters. The first-order valence-electron chi connectivity index (χ1n) is 13.0. The van der Waals surface area contributed by atoms with Crippen LogP contribution in [0.4, 0.5) is 0 Å². The molecule has 0 saturated heterocycles. The van der Waals surface area contributed by atoms with Crippen LogP contribution < -0.4 is 19.5 Å². The van der Waals surface area contributed by atoms with E-state index in [4.69, 9.17) is 23.7 Å². The Bertz CT molecular complexity index is 1370. The number of halogens is 1. The SMILES string of the molecule is CCOc1cc([C@H]2C(C(=O)OCCOC)=C(C)NC3=C2C(=O)C[C@@H](c2ccc(OC)c(OC)c2)C3)cc(Br)c1O. The molecule has 4 rings (SSSR count). The van der Waals surface area contributed by atoms with Gasteiger partial charge in [-0.25, -0.2) is 4.79 Å². The Kier molecular flexibility index (Phi) is 9.42. The number of ether oxygens (including phenoxy) is 5. The van der Waals surface area contributed by atoms with Gasteiger partial charge in [0.25, 0.3) is 0 Å². The second kappa shape index (κ2) is 12.8. The van der Waals surface area contributed by atoms with Crippen molar-refractivity contribution in [2.24, 2.45) is 0 Å². The molecule has 9 nitrogen and oxygen atoms in total. The lowest BCUT2D eigenvalue weighted by atomic mass is 9.71. The Labute approximate surface area is 242 Å². The number of Topliss-reactive ketones (excluding diaryl/α,β-unsaturated/α-hetero) is 1. The van der Waals surface area contributed by atoms with E-state index in [0.29, 0.717) is 51.4 Å². The number of esters is 1. The molecule has 0 amide bonds. The maximum atomic E-state index is 13.9. The number of ketones is 1. The molecule has 0 aromatic heterocycles. The largest absolute Gasteiger partial charge is 0.503 e. The summed E-state index contributed by atoms with van der Waals surface area (Å²) in [6.07, 6.45) is 0.795. The molecule has 2 N–H and O–H groups in total. The average molecular weight is 617 g/mol. The fourth-order valence-corrected chi connectivity index (χ4v) is 5.77. The lowest BCUT2D eigenvalue weighted by molar-refractivity contribution is -0.140. The van der Waals surface area contributed by atoms with Crippen LogP contribution in [-0.4, -0.2) is 58.0 Å². The maximum absolute atomic E-state index is 13.9. The van der Waals surface area contributed by atoms with Crippen LogP contribution in [0, 0.1) is 0 Å². The van der Waals surface area contributed by atoms with Gasteiger partial charge in [0, 0.05) is 36.4 Å². The number of rotatable bonds is 10. The number of aromatic hydroxyl groups is 1. The number of phenolic OH excluding ortho intramolecular Hbond substituents is 1. The number of phenols is 1. The second-order valence-electron chi connectivity index (χ2n) is 9.54. The first-order chi connectivity index (χ1) is 19.2. The zero-order valence-corrected chi connectivity index (χ0v) is 24.8. The number of carbonyl (C=O) groups excluding carboxylic acids is 2. The number of hydrogen-bond donors (Lipinski definition) is 2. The van der Waals surface area contributed by atoms with E-state index in [1.54, 1.807) is 33.3 Å². The Morgan fingerprint density at radius 3 is 2.42 bits per heavy atom. The molecule has 214 valence electrons. The van der Waals surface area contributed by atoms with Gasteiger partial charge in [-0.2, -0.15) is 0 Å². The Morgan fingerprint density at radius 1 is 1.02 bits per heavy atom. The molecule has 2 aliphatic rings. The molecule has 1 aliphatic heterocycles. The first kappa shape index (κ1) is 29.5. The smallest absolute Gasteiger partial charge is 0.336 e. The number of methoxy groups -OCH3 is 3. The summed E-state index contributed by atoms with van der Waals surface area (Å²) in [5, 5.41) is 13.9. The summed E-state index contributed by atoms with van der Waals surface area (Å²) in [5.74, 6) is -0.0512. The van der Waals surface area contributed by atoms with Crippen LogP contribution in [0.2, 0.25) is 0 Å². The Hall–Kier alpha value is -3.50. The van der Waals surface area contributed by atoms with Crippen molar-refractivity contribution < 1.29 is 38.4 Å². The number of benzene rings is 2. The zero-order chi connectivity index (χ0) is 29.0. The van der Waals surface area contributed by atoms with Gasteiger partial charge in [-0.1, -0.05) is 6.07 Å². The number of dihydropyridines is 1. The third-order valence-corrected chi connectivity index (χ3v) is 7.74. The molecular weight excluding hydrogens is 582 g/mol. The van der Waals surface area contributed by atoms with Gasteiger partial charge in [0.15, 0.2) is 28.8 Å². The fourth-order valence-electron chi connectivity index (χ4n) is 5.31. The van der Waals surface area contributed by atoms with Gasteiger partial charge < -0.3 is 34.1 Å². The average Bonchev–Trinajstić information content (AvgIpc) is 2.94. The van der Waals surface area contributed by atoms with Crippen molar-refractivity contribution >= 4 is 27.7 Å². The standard InChI is InChI=1S/C30H34BrNO8/c1-6-39-25-15-19(11-20(31)29(25)34)27-26(30(35)40-10-9-36-3)16(2)32-21-12-18(13-22(33)28(21)27)17-7-8-23(37-4)24(14-17)38-5/h7-8,11,14-15,18,27,32,34H,6,9-10,12-13H2,1-5H3/t18-,27-/m0/s1. The van der Waals surface area contributed by atoms with E-state index in [0.717, 1.165) is 11.3 Å². The predicted molar refractivity (Wildman–Crippen MR) is 152 cm³/mol. The number of hydrogen-bond acceptors (Lipinski definition) is 9. The van der Waals surface area contributed by atoms with Gasteiger partial charge in [-0.15, -0.1) is 0 Å². The molecular formula is C30H34BrNO8. The summed E-state index contributed by atoms with van der Waals surface area (Å²) >= 11 is 3.41. The summed E-state index contributed by atoms with van der Waals surface area (Å²) in [4.78, 5) is 27.3. The number of nitrogens with one attached hydrogen (secondary N) is 1. The zero-order valence-electron chi connectivity index (χ0n) is 23.3. The highest BCUT2D eigenvalue weighted by Gasteiger charge is 2.42. The van der Waals surface area contributed by atoms with E-state index < -0.39 is 11.9 Å². The summed E-state index contributed by atoms with van der Waals surface area (Å²) in [6, 6.07) is 9.06. The Balaban J connectivity index is 1.81. The van der Waals surface area contributed by atoms with Gasteiger partial charge in [0.2, 0.25) is 0 Å². The van der Waals surface area contributed by atoms with Crippen molar-refractivity contribution in [1.82, 2.24) is 5.32 Å². The van der Waals surface area contributed by atoms with E-state index in [1.807, 2.05) is 25.1 Å². The van der Waals surface area contributed by atoms with Crippen LogP contribution in [0.5, 0.6) is 23.0 Å². The minimum absolute atomic E-state index is 0.0536. The van der Waals surface area contributed by atoms with Crippen molar-refractivity contribution in [3.05, 3.63) is 68.5 Å². The summed E-state index contributed by atoms with van der Waals surface area (Å²) < 4.78 is 27.5. The van der Waals surface area contributed by atoms with Crippen molar-refractivity contribution in [2.75, 3.05) is 41.2 Å². The molecule has 0 radical (unpaired) electrons. The first-order valence-corrected chi connectivity index (χ1v) is 13.8. The van der Waals surface area contributed by atoms with Crippen molar-refractivity contribution in [3.8, 4) is 23.0 Å². The monoisotopic (exact) mass is 615 g/mol. The van der Waals surface area contributed by atoms with E-state index in [-0.39, 0.29) is 42.8 Å². The summed E-state index contributed by atoms with van der Waals surface area (Å²) in [7, 11) is 4.69. The molecule has 40 heavy (non-hydrogen) atoms. The van der Waals surface area contributed by atoms with Gasteiger partial charge >= 0.3 is 5.97 Å². The van der Waals surface area contributed by atoms with Gasteiger partial charge in [-0.3, -0.25) is 4.79 Å². The van der Waals surface area contributed by atoms with Crippen LogP contribution in [0.1, 0.15) is 49.7 Å². The lowest BCUT2D eigenvalue weighted by Gasteiger charge is -2.37. The normalized spacial score (nSPS) is 18.7. The highest BCUT2D eigenvalue weighted by Crippen LogP contribution is 2.48. The predicted octanol–water partition coefficient (Wildman–Crippen LogP) is 5.12. The second-order valence-corrected chi connectivity index (χ2v) is 10.4. The summed E-state index contributed by atoms with van der Waals surface area (Å²) in [5.41, 5.74) is 3.74. The molecule has 10 heteroatoms. The molecule has 0 fully saturated rings. The molecule has 1 heterocycles. The van der Waals surface area contributed by atoms with Crippen molar-refractivity contribution in [3.63, 3.8) is 0 Å². The highest BCUT2D eigenvalue weighted by molar-refractivity contribution is 9.10. The molecule has 0 saturated carbocycles. The van der Waals surface area contributed by atoms with Crippen molar-refractivity contribution in [1.29, 1.82) is 0 Å². The molecule has 2 aromatic rings. The van der Waals surface area contributed by atoms with Crippen LogP contribution >= 0.6 is 15.9 Å². The minimum Gasteiger partial charge on any atom is -0.503 e. The lowest BCUT2D eigenvalue weighted by Crippen LogP contribution is -2.36. The van der Waals surface area contributed by atoms with E-state index in [2.05, 4.69) is 21.2 Å². The number of allylic oxidation sites excluding steroid dienone is 3. The van der Waals surface area contributed by atoms with Crippen LogP contribution in [0.25, 0.3) is 0 Å². The maximum Gasteiger partial charge on any atom is 0.336 e. The topological polar surface area (TPSA) is 113 Å². The summed E-state index contributed by atoms with van der Waals surface area (Å²) in [6.45, 7) is 4.26. The van der Waals surface area contributed by atoms with Crippen LogP contribution in [-0.2, 0) is 19.1 Å². The third-order valence-electron chi connectivity index (χ3n) is 7.13.